The molecule has 0 aliphatic carbocycles. The minimum Gasteiger partial charge on any atom is -0.383 e. The number of rotatable bonds is 2. The van der Waals surface area contributed by atoms with Gasteiger partial charge in [0.2, 0.25) is 0 Å². The topological polar surface area (TPSA) is 60.9 Å². The molecule has 1 rings (SSSR count). The number of hydrogen-bond acceptors (Lipinski definition) is 3. The monoisotopic (exact) mass is 167 g/mol. The molecule has 1 heterocycles. The third-order valence-corrected chi connectivity index (χ3v) is 1.82. The van der Waals surface area contributed by atoms with Crippen molar-refractivity contribution in [2.24, 2.45) is 7.05 Å². The van der Waals surface area contributed by atoms with Crippen molar-refractivity contribution in [3.05, 3.63) is 11.3 Å². The summed E-state index contributed by atoms with van der Waals surface area (Å²) >= 11 is 0. The Balaban J connectivity index is 3.29. The number of hydrogen-bond donors (Lipinski definition) is 1. The number of carbonyl (C=O) groups is 1. The highest BCUT2D eigenvalue weighted by molar-refractivity contribution is 5.83. The van der Waals surface area contributed by atoms with E-state index in [9.17, 15) is 4.79 Å². The lowest BCUT2D eigenvalue weighted by Gasteiger charge is -1.98. The van der Waals surface area contributed by atoms with Crippen LogP contribution >= 0.6 is 0 Å². The largest absolute Gasteiger partial charge is 0.383 e. The molecule has 4 nitrogen and oxygen atoms in total. The summed E-state index contributed by atoms with van der Waals surface area (Å²) in [7, 11) is 1.73. The van der Waals surface area contributed by atoms with Crippen LogP contribution in [0.15, 0.2) is 0 Å². The van der Waals surface area contributed by atoms with E-state index >= 15 is 0 Å². The second-order valence-corrected chi connectivity index (χ2v) is 3.08. The van der Waals surface area contributed by atoms with Crippen LogP contribution in [0.5, 0.6) is 0 Å². The molecule has 1 aromatic heterocycles. The molecule has 0 saturated heterocycles. The van der Waals surface area contributed by atoms with Crippen LogP contribution in [0, 0.1) is 0 Å². The van der Waals surface area contributed by atoms with Crippen LogP contribution < -0.4 is 5.73 Å². The standard InChI is InChI=1S/C8H13N3O/c1-5(2)7-6(4-12)8(9)11(3)10-7/h4-5H,9H2,1-3H3. The van der Waals surface area contributed by atoms with Gasteiger partial charge in [0.1, 0.15) is 5.82 Å². The number of aromatic nitrogens is 2. The van der Waals surface area contributed by atoms with Crippen LogP contribution in [0.1, 0.15) is 35.8 Å². The van der Waals surface area contributed by atoms with Gasteiger partial charge >= 0.3 is 0 Å². The number of aryl methyl sites for hydroxylation is 1. The Bertz CT molecular complexity index is 301. The minimum absolute atomic E-state index is 0.230. The van der Waals surface area contributed by atoms with Gasteiger partial charge in [-0.05, 0) is 5.92 Å². The predicted octanol–water partition coefficient (Wildman–Crippen LogP) is 0.938. The average molecular weight is 167 g/mol. The first-order valence-corrected chi connectivity index (χ1v) is 3.85. The zero-order valence-corrected chi connectivity index (χ0v) is 7.53. The van der Waals surface area contributed by atoms with Gasteiger partial charge in [0.15, 0.2) is 6.29 Å². The second kappa shape index (κ2) is 2.97. The summed E-state index contributed by atoms with van der Waals surface area (Å²) in [5, 5.41) is 4.14. The lowest BCUT2D eigenvalue weighted by molar-refractivity contribution is 0.112. The molecule has 66 valence electrons. The molecule has 1 aromatic rings. The summed E-state index contributed by atoms with van der Waals surface area (Å²) in [4.78, 5) is 10.6. The smallest absolute Gasteiger partial charge is 0.155 e. The van der Waals surface area contributed by atoms with Gasteiger partial charge in [-0.3, -0.25) is 9.48 Å². The summed E-state index contributed by atoms with van der Waals surface area (Å²) in [6.45, 7) is 3.96. The third-order valence-electron chi connectivity index (χ3n) is 1.82. The van der Waals surface area contributed by atoms with Crippen molar-refractivity contribution in [3.8, 4) is 0 Å². The van der Waals surface area contributed by atoms with Crippen molar-refractivity contribution in [1.29, 1.82) is 0 Å². The maximum absolute atomic E-state index is 10.6. The van der Waals surface area contributed by atoms with Crippen molar-refractivity contribution in [2.75, 3.05) is 5.73 Å². The molecule has 0 aromatic carbocycles. The van der Waals surface area contributed by atoms with E-state index < -0.39 is 0 Å². The first kappa shape index (κ1) is 8.77. The molecule has 2 N–H and O–H groups in total. The number of nitrogen functional groups attached to an aromatic ring is 1. The zero-order valence-electron chi connectivity index (χ0n) is 7.53. The Labute approximate surface area is 71.4 Å². The molecule has 0 saturated carbocycles. The molecule has 0 radical (unpaired) electrons. The van der Waals surface area contributed by atoms with E-state index in [0.717, 1.165) is 12.0 Å². The zero-order chi connectivity index (χ0) is 9.30. The molecule has 0 spiro atoms. The van der Waals surface area contributed by atoms with Gasteiger partial charge in [-0.15, -0.1) is 0 Å². The average Bonchev–Trinajstić information content (AvgIpc) is 2.29. The van der Waals surface area contributed by atoms with Crippen molar-refractivity contribution in [2.45, 2.75) is 19.8 Å². The van der Waals surface area contributed by atoms with E-state index in [-0.39, 0.29) is 5.92 Å². The highest BCUT2D eigenvalue weighted by atomic mass is 16.1. The maximum Gasteiger partial charge on any atom is 0.155 e. The minimum atomic E-state index is 0.230. The summed E-state index contributed by atoms with van der Waals surface area (Å²) < 4.78 is 1.53. The van der Waals surface area contributed by atoms with Gasteiger partial charge in [-0.1, -0.05) is 13.8 Å². The first-order chi connectivity index (χ1) is 5.57. The molecule has 0 amide bonds. The van der Waals surface area contributed by atoms with Gasteiger partial charge in [-0.25, -0.2) is 0 Å². The van der Waals surface area contributed by atoms with Crippen molar-refractivity contribution < 1.29 is 4.79 Å². The van der Waals surface area contributed by atoms with Crippen LogP contribution in [0.2, 0.25) is 0 Å². The number of aldehydes is 1. The SMILES string of the molecule is CC(C)c1nn(C)c(N)c1C=O. The van der Waals surface area contributed by atoms with Crippen LogP contribution in [-0.4, -0.2) is 16.1 Å². The number of carbonyl (C=O) groups excluding carboxylic acids is 1. The normalized spacial score (nSPS) is 10.7. The maximum atomic E-state index is 10.6. The van der Waals surface area contributed by atoms with Crippen molar-refractivity contribution in [3.63, 3.8) is 0 Å². The van der Waals surface area contributed by atoms with E-state index in [4.69, 9.17) is 5.73 Å². The molecule has 0 atom stereocenters. The fourth-order valence-corrected chi connectivity index (χ4v) is 1.12. The molecular formula is C8H13N3O. The Kier molecular flexibility index (Phi) is 2.17. The van der Waals surface area contributed by atoms with Gasteiger partial charge in [0, 0.05) is 7.05 Å². The molecule has 0 aliphatic rings. The summed E-state index contributed by atoms with van der Waals surface area (Å²) in [6.07, 6.45) is 0.762. The molecule has 12 heavy (non-hydrogen) atoms. The predicted molar refractivity (Wildman–Crippen MR) is 47.1 cm³/mol. The fraction of sp³-hybridized carbons (Fsp3) is 0.500. The Hall–Kier alpha value is -1.32. The lowest BCUT2D eigenvalue weighted by atomic mass is 10.1. The molecular weight excluding hydrogens is 154 g/mol. The van der Waals surface area contributed by atoms with E-state index in [1.165, 1.54) is 4.68 Å². The molecule has 0 unspecified atom stereocenters. The van der Waals surface area contributed by atoms with E-state index in [0.29, 0.717) is 11.4 Å². The summed E-state index contributed by atoms with van der Waals surface area (Å²) in [5.41, 5.74) is 6.91. The first-order valence-electron chi connectivity index (χ1n) is 3.85. The summed E-state index contributed by atoms with van der Waals surface area (Å²) in [5.74, 6) is 0.669. The number of nitrogens with zero attached hydrogens (tertiary/aromatic N) is 2. The van der Waals surface area contributed by atoms with E-state index in [1.54, 1.807) is 7.05 Å². The molecule has 0 aliphatic heterocycles. The molecule has 0 fully saturated rings. The third kappa shape index (κ3) is 1.20. The Morgan fingerprint density at radius 1 is 1.58 bits per heavy atom. The van der Waals surface area contributed by atoms with Crippen molar-refractivity contribution >= 4 is 12.1 Å². The Morgan fingerprint density at radius 2 is 2.17 bits per heavy atom. The molecule has 0 bridgehead atoms. The highest BCUT2D eigenvalue weighted by Gasteiger charge is 2.14. The van der Waals surface area contributed by atoms with Crippen LogP contribution in [0.4, 0.5) is 5.82 Å². The Morgan fingerprint density at radius 3 is 2.50 bits per heavy atom. The fourth-order valence-electron chi connectivity index (χ4n) is 1.12. The quantitative estimate of drug-likeness (QED) is 0.667. The van der Waals surface area contributed by atoms with Gasteiger partial charge in [0.25, 0.3) is 0 Å². The van der Waals surface area contributed by atoms with Crippen LogP contribution in [0.25, 0.3) is 0 Å². The van der Waals surface area contributed by atoms with Gasteiger partial charge in [0.05, 0.1) is 11.3 Å². The summed E-state index contributed by atoms with van der Waals surface area (Å²) in [6, 6.07) is 0. The van der Waals surface area contributed by atoms with Crippen LogP contribution in [0.3, 0.4) is 0 Å². The van der Waals surface area contributed by atoms with E-state index in [2.05, 4.69) is 5.10 Å². The highest BCUT2D eigenvalue weighted by Crippen LogP contribution is 2.20. The van der Waals surface area contributed by atoms with E-state index in [1.807, 2.05) is 13.8 Å². The number of anilines is 1. The second-order valence-electron chi connectivity index (χ2n) is 3.08. The van der Waals surface area contributed by atoms with Crippen LogP contribution in [-0.2, 0) is 7.05 Å². The number of nitrogens with two attached hydrogens (primary N) is 1. The lowest BCUT2D eigenvalue weighted by Crippen LogP contribution is -1.98. The van der Waals surface area contributed by atoms with Gasteiger partial charge < -0.3 is 5.73 Å². The van der Waals surface area contributed by atoms with Gasteiger partial charge in [-0.2, -0.15) is 5.10 Å². The molecule has 4 heteroatoms. The van der Waals surface area contributed by atoms with Crippen molar-refractivity contribution in [1.82, 2.24) is 9.78 Å².